The molecule has 0 saturated carbocycles. The number of rotatable bonds is 1. The maximum Gasteiger partial charge on any atom is 0.321 e. The van der Waals surface area contributed by atoms with Crippen LogP contribution >= 0.6 is 0 Å². The summed E-state index contributed by atoms with van der Waals surface area (Å²) < 4.78 is 0. The quantitative estimate of drug-likeness (QED) is 0.841. The molecule has 1 aromatic carbocycles. The van der Waals surface area contributed by atoms with E-state index in [4.69, 9.17) is 0 Å². The molecule has 1 unspecified atom stereocenters. The fourth-order valence-electron chi connectivity index (χ4n) is 3.91. The Bertz CT molecular complexity index is 801. The summed E-state index contributed by atoms with van der Waals surface area (Å²) in [5, 5.41) is 10.8. The zero-order valence-corrected chi connectivity index (χ0v) is 13.7. The van der Waals surface area contributed by atoms with E-state index in [1.165, 1.54) is 0 Å². The zero-order valence-electron chi connectivity index (χ0n) is 13.7. The molecule has 1 atom stereocenters. The van der Waals surface area contributed by atoms with Crippen molar-refractivity contribution < 1.29 is 9.59 Å². The first-order valence-electron chi connectivity index (χ1n) is 8.32. The minimum absolute atomic E-state index is 0.147. The molecule has 0 radical (unpaired) electrons. The van der Waals surface area contributed by atoms with Crippen LogP contribution in [0.3, 0.4) is 0 Å². The highest BCUT2D eigenvalue weighted by molar-refractivity contribution is 5.93. The van der Waals surface area contributed by atoms with Gasteiger partial charge in [0.25, 0.3) is 0 Å². The predicted octanol–water partition coefficient (Wildman–Crippen LogP) is 2.04. The number of urea groups is 1. The van der Waals surface area contributed by atoms with Crippen LogP contribution in [0.2, 0.25) is 0 Å². The number of nitrogens with zero attached hydrogens (tertiary/aromatic N) is 3. The Morgan fingerprint density at radius 2 is 2.21 bits per heavy atom. The van der Waals surface area contributed by atoms with E-state index in [-0.39, 0.29) is 17.4 Å². The van der Waals surface area contributed by atoms with E-state index < -0.39 is 0 Å². The highest BCUT2D eigenvalue weighted by atomic mass is 16.2. The molecule has 4 rings (SSSR count). The lowest BCUT2D eigenvalue weighted by Crippen LogP contribution is -2.49. The lowest BCUT2D eigenvalue weighted by Gasteiger charge is -2.37. The summed E-state index contributed by atoms with van der Waals surface area (Å²) in [5.74, 6) is 0.183. The Morgan fingerprint density at radius 3 is 3.08 bits per heavy atom. The molecule has 3 amide bonds. The summed E-state index contributed by atoms with van der Waals surface area (Å²) in [6.07, 6.45) is 4.38. The normalized spacial score (nSPS) is 24.1. The van der Waals surface area contributed by atoms with Gasteiger partial charge in [0.15, 0.2) is 0 Å². The number of likely N-dealkylation sites (tertiary alicyclic amines) is 2. The van der Waals surface area contributed by atoms with Crippen LogP contribution in [0.15, 0.2) is 24.4 Å². The van der Waals surface area contributed by atoms with Crippen molar-refractivity contribution in [1.29, 1.82) is 0 Å². The minimum atomic E-state index is -0.377. The number of aromatic amines is 1. The van der Waals surface area contributed by atoms with Gasteiger partial charge in [0, 0.05) is 37.8 Å². The average Bonchev–Trinajstić information content (AvgIpc) is 3.20. The van der Waals surface area contributed by atoms with Gasteiger partial charge in [-0.2, -0.15) is 5.10 Å². The fraction of sp³-hybridized carbons (Fsp3) is 0.471. The van der Waals surface area contributed by atoms with Gasteiger partial charge in [0.2, 0.25) is 5.91 Å². The number of hydrogen-bond donors (Lipinski definition) is 2. The van der Waals surface area contributed by atoms with E-state index in [1.807, 2.05) is 25.2 Å². The monoisotopic (exact) mass is 327 g/mol. The molecule has 1 aromatic heterocycles. The molecule has 2 fully saturated rings. The van der Waals surface area contributed by atoms with E-state index in [9.17, 15) is 9.59 Å². The zero-order chi connectivity index (χ0) is 16.7. The third-order valence-electron chi connectivity index (χ3n) is 5.28. The van der Waals surface area contributed by atoms with Crippen molar-refractivity contribution in [2.45, 2.75) is 19.3 Å². The summed E-state index contributed by atoms with van der Waals surface area (Å²) in [6, 6.07) is 5.50. The molecule has 0 bridgehead atoms. The second-order valence-corrected chi connectivity index (χ2v) is 6.88. The van der Waals surface area contributed by atoms with Crippen molar-refractivity contribution in [3.63, 3.8) is 0 Å². The van der Waals surface area contributed by atoms with Crippen molar-refractivity contribution in [1.82, 2.24) is 20.0 Å². The molecular formula is C17H21N5O2. The van der Waals surface area contributed by atoms with Crippen molar-refractivity contribution in [3.8, 4) is 0 Å². The van der Waals surface area contributed by atoms with E-state index in [1.54, 1.807) is 16.0 Å². The van der Waals surface area contributed by atoms with Crippen LogP contribution in [-0.2, 0) is 4.79 Å². The molecule has 7 nitrogen and oxygen atoms in total. The van der Waals surface area contributed by atoms with Crippen LogP contribution in [0.4, 0.5) is 10.5 Å². The molecule has 24 heavy (non-hydrogen) atoms. The highest BCUT2D eigenvalue weighted by Gasteiger charge is 2.48. The lowest BCUT2D eigenvalue weighted by molar-refractivity contribution is -0.143. The van der Waals surface area contributed by atoms with Gasteiger partial charge >= 0.3 is 6.03 Å². The van der Waals surface area contributed by atoms with Crippen molar-refractivity contribution in [2.75, 3.05) is 32.0 Å². The Morgan fingerprint density at radius 1 is 1.33 bits per heavy atom. The standard InChI is InChI=1S/C17H21N5O2/c1-21-7-2-5-17(15(21)23)6-8-22(11-17)16(24)19-13-4-3-12-10-18-20-14(12)9-13/h3-4,9-10H,2,5-8,11H2,1H3,(H,18,20)(H,19,24). The maximum absolute atomic E-state index is 12.6. The van der Waals surface area contributed by atoms with Crippen LogP contribution in [-0.4, -0.2) is 58.6 Å². The largest absolute Gasteiger partial charge is 0.345 e. The van der Waals surface area contributed by atoms with Crippen LogP contribution in [0.1, 0.15) is 19.3 Å². The smallest absolute Gasteiger partial charge is 0.321 e. The number of fused-ring (bicyclic) bond motifs is 1. The van der Waals surface area contributed by atoms with Gasteiger partial charge in [0.1, 0.15) is 0 Å². The number of H-pyrrole nitrogens is 1. The van der Waals surface area contributed by atoms with Gasteiger partial charge in [-0.15, -0.1) is 0 Å². The topological polar surface area (TPSA) is 81.3 Å². The Labute approximate surface area is 140 Å². The molecule has 2 aliphatic heterocycles. The van der Waals surface area contributed by atoms with Crippen molar-refractivity contribution in [3.05, 3.63) is 24.4 Å². The molecule has 126 valence electrons. The number of benzene rings is 1. The van der Waals surface area contributed by atoms with Gasteiger partial charge in [-0.25, -0.2) is 4.79 Å². The van der Waals surface area contributed by atoms with Gasteiger partial charge in [-0.05, 0) is 37.5 Å². The molecular weight excluding hydrogens is 306 g/mol. The van der Waals surface area contributed by atoms with Crippen LogP contribution in [0, 0.1) is 5.41 Å². The van der Waals surface area contributed by atoms with Crippen LogP contribution in [0.5, 0.6) is 0 Å². The SMILES string of the molecule is CN1CCCC2(CCN(C(=O)Nc3ccc4cn[nH]c4c3)C2)C1=O. The molecule has 2 saturated heterocycles. The van der Waals surface area contributed by atoms with Crippen molar-refractivity contribution in [2.24, 2.45) is 5.41 Å². The second kappa shape index (κ2) is 5.51. The molecule has 3 heterocycles. The molecule has 7 heteroatoms. The van der Waals surface area contributed by atoms with Gasteiger partial charge in [-0.3, -0.25) is 9.89 Å². The van der Waals surface area contributed by atoms with Crippen molar-refractivity contribution >= 4 is 28.5 Å². The number of nitrogens with one attached hydrogen (secondary N) is 2. The summed E-state index contributed by atoms with van der Waals surface area (Å²) in [6.45, 7) is 1.95. The lowest BCUT2D eigenvalue weighted by atomic mass is 9.78. The second-order valence-electron chi connectivity index (χ2n) is 6.88. The summed E-state index contributed by atoms with van der Waals surface area (Å²) in [4.78, 5) is 28.7. The molecule has 1 spiro atoms. The number of carbonyl (C=O) groups excluding carboxylic acids is 2. The van der Waals surface area contributed by atoms with Gasteiger partial charge in [0.05, 0.1) is 17.1 Å². The first-order chi connectivity index (χ1) is 11.6. The summed E-state index contributed by atoms with van der Waals surface area (Å²) >= 11 is 0. The van der Waals surface area contributed by atoms with E-state index in [0.717, 1.165) is 42.4 Å². The highest BCUT2D eigenvalue weighted by Crippen LogP contribution is 2.39. The predicted molar refractivity (Wildman–Crippen MR) is 90.6 cm³/mol. The summed E-state index contributed by atoms with van der Waals surface area (Å²) in [5.41, 5.74) is 1.23. The Kier molecular flexibility index (Phi) is 3.44. The number of carbonyl (C=O) groups is 2. The molecule has 2 aliphatic rings. The van der Waals surface area contributed by atoms with E-state index in [2.05, 4.69) is 15.5 Å². The Hall–Kier alpha value is -2.57. The first kappa shape index (κ1) is 15.0. The number of amides is 3. The van der Waals surface area contributed by atoms with Crippen LogP contribution < -0.4 is 5.32 Å². The maximum atomic E-state index is 12.6. The average molecular weight is 327 g/mol. The third kappa shape index (κ3) is 2.40. The number of aromatic nitrogens is 2. The summed E-state index contributed by atoms with van der Waals surface area (Å²) in [7, 11) is 1.85. The van der Waals surface area contributed by atoms with E-state index in [0.29, 0.717) is 13.1 Å². The molecule has 2 N–H and O–H groups in total. The van der Waals surface area contributed by atoms with Gasteiger partial charge in [-0.1, -0.05) is 0 Å². The van der Waals surface area contributed by atoms with E-state index >= 15 is 0 Å². The molecule has 0 aliphatic carbocycles. The number of piperidine rings is 1. The minimum Gasteiger partial charge on any atom is -0.345 e. The Balaban J connectivity index is 1.46. The first-order valence-corrected chi connectivity index (χ1v) is 8.32. The number of hydrogen-bond acceptors (Lipinski definition) is 3. The third-order valence-corrected chi connectivity index (χ3v) is 5.28. The molecule has 2 aromatic rings. The van der Waals surface area contributed by atoms with Crippen LogP contribution in [0.25, 0.3) is 10.9 Å². The fourth-order valence-corrected chi connectivity index (χ4v) is 3.91. The van der Waals surface area contributed by atoms with Gasteiger partial charge < -0.3 is 15.1 Å². The number of anilines is 1.